The van der Waals surface area contributed by atoms with E-state index in [0.717, 1.165) is 25.2 Å². The van der Waals surface area contributed by atoms with Gasteiger partial charge in [-0.2, -0.15) is 0 Å². The molecule has 0 radical (unpaired) electrons. The zero-order valence-corrected chi connectivity index (χ0v) is 9.52. The normalized spacial score (nSPS) is 21.2. The first kappa shape index (κ1) is 11.1. The molecule has 2 heterocycles. The average molecular weight is 219 g/mol. The number of nitrogens with zero attached hydrogens (tertiary/aromatic N) is 2. The van der Waals surface area contributed by atoms with Crippen LogP contribution in [0.25, 0.3) is 0 Å². The number of pyridine rings is 1. The van der Waals surface area contributed by atoms with Crippen LogP contribution in [0, 0.1) is 0 Å². The summed E-state index contributed by atoms with van der Waals surface area (Å²) >= 11 is 0. The topological polar surface area (TPSA) is 45.2 Å². The number of likely N-dealkylation sites (tertiary alicyclic amines) is 1. The van der Waals surface area contributed by atoms with Crippen LogP contribution in [-0.2, 0) is 11.3 Å². The predicted molar refractivity (Wildman–Crippen MR) is 61.7 cm³/mol. The lowest BCUT2D eigenvalue weighted by Gasteiger charge is -2.30. The third-order valence-corrected chi connectivity index (χ3v) is 2.92. The molecule has 0 aromatic carbocycles. The van der Waals surface area contributed by atoms with E-state index in [-0.39, 0.29) is 5.91 Å². The molecule has 1 aliphatic rings. The van der Waals surface area contributed by atoms with Crippen molar-refractivity contribution < 1.29 is 4.79 Å². The molecule has 1 aromatic heterocycles. The van der Waals surface area contributed by atoms with E-state index in [2.05, 4.69) is 10.3 Å². The third-order valence-electron chi connectivity index (χ3n) is 2.92. The van der Waals surface area contributed by atoms with Gasteiger partial charge in [0.05, 0.1) is 5.69 Å². The van der Waals surface area contributed by atoms with Crippen LogP contribution in [0.4, 0.5) is 0 Å². The van der Waals surface area contributed by atoms with Crippen molar-refractivity contribution in [2.24, 2.45) is 0 Å². The molecule has 0 bridgehead atoms. The molecule has 1 amide bonds. The Morgan fingerprint density at radius 2 is 2.44 bits per heavy atom. The largest absolute Gasteiger partial charge is 0.344 e. The Labute approximate surface area is 95.7 Å². The zero-order chi connectivity index (χ0) is 11.4. The van der Waals surface area contributed by atoms with Gasteiger partial charge >= 0.3 is 0 Å². The monoisotopic (exact) mass is 219 g/mol. The summed E-state index contributed by atoms with van der Waals surface area (Å²) in [6.45, 7) is 1.57. The number of piperidine rings is 1. The van der Waals surface area contributed by atoms with Crippen LogP contribution in [0.1, 0.15) is 18.5 Å². The minimum Gasteiger partial charge on any atom is -0.344 e. The van der Waals surface area contributed by atoms with Gasteiger partial charge in [0.2, 0.25) is 5.91 Å². The second kappa shape index (κ2) is 5.07. The standard InChI is InChI=1S/C12H17N3O/c1-15-9-11(5-6-12(15)16)14-8-10-4-2-3-7-13-10/h2-4,7,11,14H,5-6,8-9H2,1H3. The first-order valence-corrected chi connectivity index (χ1v) is 5.63. The quantitative estimate of drug-likeness (QED) is 0.817. The Morgan fingerprint density at radius 1 is 1.56 bits per heavy atom. The molecule has 1 saturated heterocycles. The van der Waals surface area contributed by atoms with E-state index in [9.17, 15) is 4.79 Å². The first-order valence-electron chi connectivity index (χ1n) is 5.63. The van der Waals surface area contributed by atoms with Gasteiger partial charge in [0.1, 0.15) is 0 Å². The van der Waals surface area contributed by atoms with E-state index in [1.807, 2.05) is 25.2 Å². The molecule has 0 saturated carbocycles. The van der Waals surface area contributed by atoms with Crippen LogP contribution in [0.15, 0.2) is 24.4 Å². The van der Waals surface area contributed by atoms with Gasteiger partial charge in [-0.1, -0.05) is 6.07 Å². The number of nitrogens with one attached hydrogen (secondary N) is 1. The van der Waals surface area contributed by atoms with Crippen molar-refractivity contribution in [2.75, 3.05) is 13.6 Å². The number of likely N-dealkylation sites (N-methyl/N-ethyl adjacent to an activating group) is 1. The molecule has 0 aliphatic carbocycles. The van der Waals surface area contributed by atoms with Crippen LogP contribution in [-0.4, -0.2) is 35.4 Å². The average Bonchev–Trinajstić information content (AvgIpc) is 2.32. The maximum absolute atomic E-state index is 11.3. The number of carbonyl (C=O) groups excluding carboxylic acids is 1. The highest BCUT2D eigenvalue weighted by atomic mass is 16.2. The highest BCUT2D eigenvalue weighted by Crippen LogP contribution is 2.09. The smallest absolute Gasteiger partial charge is 0.222 e. The Kier molecular flexibility index (Phi) is 3.51. The van der Waals surface area contributed by atoms with Crippen LogP contribution in [0.5, 0.6) is 0 Å². The Bertz CT molecular complexity index is 353. The number of rotatable bonds is 3. The van der Waals surface area contributed by atoms with E-state index in [1.54, 1.807) is 11.1 Å². The first-order chi connectivity index (χ1) is 7.75. The molecule has 0 spiro atoms. The highest BCUT2D eigenvalue weighted by molar-refractivity contribution is 5.76. The minimum absolute atomic E-state index is 0.246. The Morgan fingerprint density at radius 3 is 3.12 bits per heavy atom. The summed E-state index contributed by atoms with van der Waals surface area (Å²) in [4.78, 5) is 17.3. The van der Waals surface area contributed by atoms with Crippen molar-refractivity contribution in [1.82, 2.24) is 15.2 Å². The molecule has 86 valence electrons. The van der Waals surface area contributed by atoms with Crippen LogP contribution in [0.3, 0.4) is 0 Å². The summed E-state index contributed by atoms with van der Waals surface area (Å²) in [7, 11) is 1.86. The fraction of sp³-hybridized carbons (Fsp3) is 0.500. The summed E-state index contributed by atoms with van der Waals surface area (Å²) in [6.07, 6.45) is 3.37. The van der Waals surface area contributed by atoms with E-state index >= 15 is 0 Å². The number of aromatic nitrogens is 1. The molecule has 1 aliphatic heterocycles. The third kappa shape index (κ3) is 2.79. The fourth-order valence-corrected chi connectivity index (χ4v) is 1.93. The molecule has 1 atom stereocenters. The Hall–Kier alpha value is -1.42. The number of amides is 1. The summed E-state index contributed by atoms with van der Waals surface area (Å²) in [5.74, 6) is 0.246. The second-order valence-corrected chi connectivity index (χ2v) is 4.21. The number of carbonyl (C=O) groups is 1. The maximum atomic E-state index is 11.3. The lowest BCUT2D eigenvalue weighted by atomic mass is 10.1. The molecule has 4 nitrogen and oxygen atoms in total. The SMILES string of the molecule is CN1CC(NCc2ccccn2)CCC1=O. The molecule has 16 heavy (non-hydrogen) atoms. The molecule has 1 fully saturated rings. The highest BCUT2D eigenvalue weighted by Gasteiger charge is 2.22. The van der Waals surface area contributed by atoms with E-state index in [4.69, 9.17) is 0 Å². The molecule has 1 aromatic rings. The molecule has 2 rings (SSSR count). The van der Waals surface area contributed by atoms with E-state index < -0.39 is 0 Å². The number of hydrogen-bond acceptors (Lipinski definition) is 3. The van der Waals surface area contributed by atoms with Gasteiger partial charge in [0, 0.05) is 38.8 Å². The summed E-state index contributed by atoms with van der Waals surface area (Å²) < 4.78 is 0. The zero-order valence-electron chi connectivity index (χ0n) is 9.52. The molecule has 1 unspecified atom stereocenters. The predicted octanol–water partition coefficient (Wildman–Crippen LogP) is 0.792. The van der Waals surface area contributed by atoms with E-state index in [1.165, 1.54) is 0 Å². The van der Waals surface area contributed by atoms with Crippen molar-refractivity contribution in [1.29, 1.82) is 0 Å². The van der Waals surface area contributed by atoms with Crippen molar-refractivity contribution in [3.63, 3.8) is 0 Å². The van der Waals surface area contributed by atoms with Gasteiger partial charge < -0.3 is 10.2 Å². The van der Waals surface area contributed by atoms with Crippen molar-refractivity contribution in [2.45, 2.75) is 25.4 Å². The fourth-order valence-electron chi connectivity index (χ4n) is 1.93. The van der Waals surface area contributed by atoms with Crippen LogP contribution in [0.2, 0.25) is 0 Å². The number of hydrogen-bond donors (Lipinski definition) is 1. The lowest BCUT2D eigenvalue weighted by Crippen LogP contribution is -2.46. The molecule has 4 heteroatoms. The van der Waals surface area contributed by atoms with Gasteiger partial charge in [-0.05, 0) is 18.6 Å². The lowest BCUT2D eigenvalue weighted by molar-refractivity contribution is -0.132. The van der Waals surface area contributed by atoms with Gasteiger partial charge in [-0.25, -0.2) is 0 Å². The summed E-state index contributed by atoms with van der Waals surface area (Å²) in [6, 6.07) is 6.30. The van der Waals surface area contributed by atoms with Crippen LogP contribution < -0.4 is 5.32 Å². The Balaban J connectivity index is 1.81. The minimum atomic E-state index is 0.246. The van der Waals surface area contributed by atoms with Gasteiger partial charge in [-0.15, -0.1) is 0 Å². The van der Waals surface area contributed by atoms with E-state index in [0.29, 0.717) is 12.5 Å². The summed E-state index contributed by atoms with van der Waals surface area (Å²) in [5, 5.41) is 3.43. The van der Waals surface area contributed by atoms with Crippen LogP contribution >= 0.6 is 0 Å². The van der Waals surface area contributed by atoms with Crippen molar-refractivity contribution in [3.05, 3.63) is 30.1 Å². The second-order valence-electron chi connectivity index (χ2n) is 4.21. The molecule has 1 N–H and O–H groups in total. The summed E-state index contributed by atoms with van der Waals surface area (Å²) in [5.41, 5.74) is 1.04. The molecular weight excluding hydrogens is 202 g/mol. The van der Waals surface area contributed by atoms with Gasteiger partial charge in [0.25, 0.3) is 0 Å². The van der Waals surface area contributed by atoms with Crippen molar-refractivity contribution in [3.8, 4) is 0 Å². The van der Waals surface area contributed by atoms with Gasteiger partial charge in [-0.3, -0.25) is 9.78 Å². The maximum Gasteiger partial charge on any atom is 0.222 e. The van der Waals surface area contributed by atoms with Gasteiger partial charge in [0.15, 0.2) is 0 Å². The van der Waals surface area contributed by atoms with Crippen molar-refractivity contribution >= 4 is 5.91 Å². The molecular formula is C12H17N3O.